The van der Waals surface area contributed by atoms with Gasteiger partial charge in [-0.3, -0.25) is 9.55 Å². The fraction of sp³-hybridized carbons (Fsp3) is 0.0909. The van der Waals surface area contributed by atoms with Crippen LogP contribution in [0.25, 0.3) is 50.5 Å². The van der Waals surface area contributed by atoms with E-state index < -0.39 is 8.07 Å². The van der Waals surface area contributed by atoms with E-state index in [0.717, 1.165) is 39.1 Å². The minimum Gasteiger partial charge on any atom is -0.507 e. The van der Waals surface area contributed by atoms with E-state index >= 15 is 0 Å². The third-order valence-corrected chi connectivity index (χ3v) is 8.97. The summed E-state index contributed by atoms with van der Waals surface area (Å²) in [5, 5.41) is 12.1. The lowest BCUT2D eigenvalue weighted by Crippen LogP contribution is -2.37. The largest absolute Gasteiger partial charge is 0.507 e. The number of aromatic hydroxyl groups is 1. The highest BCUT2D eigenvalue weighted by molar-refractivity contribution is 6.88. The van der Waals surface area contributed by atoms with E-state index in [0.29, 0.717) is 11.4 Å². The number of imidazole rings is 1. The monoisotopic (exact) mass is 511 g/mol. The van der Waals surface area contributed by atoms with Gasteiger partial charge in [0.1, 0.15) is 11.6 Å². The number of aromatic nitrogens is 3. The van der Waals surface area contributed by atoms with Crippen LogP contribution in [0.3, 0.4) is 0 Å². The number of phenols is 1. The number of benzene rings is 4. The van der Waals surface area contributed by atoms with Crippen molar-refractivity contribution in [3.8, 4) is 45.2 Å². The van der Waals surface area contributed by atoms with Crippen LogP contribution in [0.2, 0.25) is 19.6 Å². The maximum Gasteiger partial charge on any atom is 0.149 e. The van der Waals surface area contributed by atoms with Gasteiger partial charge in [0.15, 0.2) is 0 Å². The number of nitrogens with zero attached hydrogens (tertiary/aromatic N) is 3. The molecule has 0 amide bonds. The molecule has 2 aromatic heterocycles. The summed E-state index contributed by atoms with van der Waals surface area (Å²) in [4.78, 5) is 9.94. The molecule has 6 aromatic rings. The van der Waals surface area contributed by atoms with Crippen molar-refractivity contribution in [1.82, 2.24) is 14.5 Å². The van der Waals surface area contributed by atoms with Crippen LogP contribution in [0.15, 0.2) is 115 Å². The van der Waals surface area contributed by atoms with Gasteiger partial charge in [-0.2, -0.15) is 0 Å². The van der Waals surface area contributed by atoms with Crippen molar-refractivity contribution in [2.75, 3.05) is 0 Å². The van der Waals surface area contributed by atoms with E-state index in [9.17, 15) is 5.11 Å². The summed E-state index contributed by atoms with van der Waals surface area (Å²) in [5.41, 5.74) is 7.70. The highest BCUT2D eigenvalue weighted by Gasteiger charge is 2.20. The third-order valence-electron chi connectivity index (χ3n) is 6.94. The van der Waals surface area contributed by atoms with E-state index in [-0.39, 0.29) is 5.75 Å². The van der Waals surface area contributed by atoms with Crippen LogP contribution in [0.5, 0.6) is 5.75 Å². The molecule has 0 unspecified atom stereocenters. The summed E-state index contributed by atoms with van der Waals surface area (Å²) >= 11 is 0. The average molecular weight is 512 g/mol. The molecule has 186 valence electrons. The number of fused-ring (bicyclic) bond motifs is 1. The summed E-state index contributed by atoms with van der Waals surface area (Å²) in [6.07, 6.45) is 2.04. The molecule has 0 aliphatic carbocycles. The van der Waals surface area contributed by atoms with E-state index in [1.165, 1.54) is 5.19 Å². The molecule has 0 aliphatic heterocycles. The maximum absolute atomic E-state index is 10.7. The van der Waals surface area contributed by atoms with Crippen LogP contribution in [0.1, 0.15) is 0 Å². The summed E-state index contributed by atoms with van der Waals surface area (Å²) in [5.74, 6) is 0.910. The minimum atomic E-state index is -1.41. The molecule has 0 saturated heterocycles. The fourth-order valence-electron chi connectivity index (χ4n) is 4.87. The Morgan fingerprint density at radius 1 is 0.684 bits per heavy atom. The van der Waals surface area contributed by atoms with Gasteiger partial charge in [0.25, 0.3) is 0 Å². The second-order valence-corrected chi connectivity index (χ2v) is 15.6. The van der Waals surface area contributed by atoms with Crippen LogP contribution >= 0.6 is 0 Å². The molecular formula is C33H29N3OSi. The zero-order chi connectivity index (χ0) is 26.3. The van der Waals surface area contributed by atoms with Gasteiger partial charge in [-0.15, -0.1) is 0 Å². The second-order valence-electron chi connectivity index (χ2n) is 10.6. The number of phenolic OH excluding ortho intramolecular Hbond substituents is 1. The van der Waals surface area contributed by atoms with Gasteiger partial charge >= 0.3 is 0 Å². The minimum absolute atomic E-state index is 0.205. The Morgan fingerprint density at radius 2 is 1.39 bits per heavy atom. The van der Waals surface area contributed by atoms with Gasteiger partial charge < -0.3 is 5.11 Å². The molecule has 2 heterocycles. The Kier molecular flexibility index (Phi) is 5.93. The molecule has 4 aromatic carbocycles. The number of hydrogen-bond donors (Lipinski definition) is 1. The summed E-state index contributed by atoms with van der Waals surface area (Å²) in [6, 6.07) is 36.6. The predicted octanol–water partition coefficient (Wildman–Crippen LogP) is 7.67. The topological polar surface area (TPSA) is 50.9 Å². The first-order valence-corrected chi connectivity index (χ1v) is 16.3. The molecule has 6 rings (SSSR count). The zero-order valence-corrected chi connectivity index (χ0v) is 22.8. The fourth-order valence-corrected chi connectivity index (χ4v) is 5.90. The van der Waals surface area contributed by atoms with E-state index in [2.05, 4.69) is 90.9 Å². The highest BCUT2D eigenvalue weighted by atomic mass is 28.3. The van der Waals surface area contributed by atoms with Crippen LogP contribution in [-0.4, -0.2) is 27.7 Å². The lowest BCUT2D eigenvalue weighted by molar-refractivity contribution is 0.477. The summed E-state index contributed by atoms with van der Waals surface area (Å²) in [6.45, 7) is 7.01. The smallest absolute Gasteiger partial charge is 0.149 e. The Hall–Kier alpha value is -4.48. The maximum atomic E-state index is 10.7. The van der Waals surface area contributed by atoms with E-state index in [4.69, 9.17) is 9.97 Å². The first kappa shape index (κ1) is 23.9. The van der Waals surface area contributed by atoms with Gasteiger partial charge in [-0.1, -0.05) is 86.4 Å². The van der Waals surface area contributed by atoms with Crippen molar-refractivity contribution in [2.24, 2.45) is 0 Å². The quantitative estimate of drug-likeness (QED) is 0.242. The molecule has 4 nitrogen and oxygen atoms in total. The Labute approximate surface area is 223 Å². The van der Waals surface area contributed by atoms with E-state index in [1.54, 1.807) is 6.07 Å². The average Bonchev–Trinajstić information content (AvgIpc) is 3.33. The van der Waals surface area contributed by atoms with E-state index in [1.807, 2.05) is 42.6 Å². The molecule has 0 radical (unpaired) electrons. The lowest BCUT2D eigenvalue weighted by atomic mass is 10.0. The summed E-state index contributed by atoms with van der Waals surface area (Å²) < 4.78 is 2.12. The standard InChI is InChI=1S/C33H29N3OSi/c1-38(2,3)26-19-20-29(34-22-26)24-12-9-11-23(21-24)27-16-10-17-30-32(27)35-33(28-15-7-8-18-31(28)37)36(30)25-13-5-4-6-14-25/h4-22,37H,1-3H3. The third kappa shape index (κ3) is 4.31. The predicted molar refractivity (Wildman–Crippen MR) is 160 cm³/mol. The van der Waals surface area contributed by atoms with Crippen LogP contribution in [0, 0.1) is 0 Å². The van der Waals surface area contributed by atoms with Gasteiger partial charge in [0, 0.05) is 23.0 Å². The molecule has 0 bridgehead atoms. The molecule has 0 saturated carbocycles. The molecule has 5 heteroatoms. The lowest BCUT2D eigenvalue weighted by Gasteiger charge is -2.16. The van der Waals surface area contributed by atoms with Crippen molar-refractivity contribution in [3.63, 3.8) is 0 Å². The Bertz CT molecular complexity index is 1750. The van der Waals surface area contributed by atoms with Crippen molar-refractivity contribution >= 4 is 24.3 Å². The molecule has 0 fully saturated rings. The van der Waals surface area contributed by atoms with Gasteiger partial charge in [-0.05, 0) is 53.2 Å². The molecule has 0 spiro atoms. The van der Waals surface area contributed by atoms with Crippen molar-refractivity contribution in [2.45, 2.75) is 19.6 Å². The molecular weight excluding hydrogens is 482 g/mol. The summed E-state index contributed by atoms with van der Waals surface area (Å²) in [7, 11) is -1.41. The van der Waals surface area contributed by atoms with Gasteiger partial charge in [0.05, 0.1) is 30.4 Å². The zero-order valence-electron chi connectivity index (χ0n) is 21.8. The molecule has 0 aliphatic rings. The van der Waals surface area contributed by atoms with Crippen molar-refractivity contribution < 1.29 is 5.11 Å². The SMILES string of the molecule is C[Si](C)(C)c1ccc(-c2cccc(-c3cccc4c3nc(-c3ccccc3O)n4-c3ccccc3)c2)nc1. The van der Waals surface area contributed by atoms with Crippen LogP contribution < -0.4 is 5.19 Å². The van der Waals surface area contributed by atoms with Crippen molar-refractivity contribution in [1.29, 1.82) is 0 Å². The number of pyridine rings is 1. The Morgan fingerprint density at radius 3 is 2.13 bits per heavy atom. The molecule has 1 N–H and O–H groups in total. The van der Waals surface area contributed by atoms with Crippen LogP contribution in [0.4, 0.5) is 0 Å². The van der Waals surface area contributed by atoms with Gasteiger partial charge in [0.2, 0.25) is 0 Å². The first-order valence-electron chi connectivity index (χ1n) is 12.8. The van der Waals surface area contributed by atoms with Crippen molar-refractivity contribution in [3.05, 3.63) is 115 Å². The van der Waals surface area contributed by atoms with Crippen LogP contribution in [-0.2, 0) is 0 Å². The first-order chi connectivity index (χ1) is 18.4. The molecule has 0 atom stereocenters. The number of rotatable bonds is 5. The van der Waals surface area contributed by atoms with Gasteiger partial charge in [-0.25, -0.2) is 4.98 Å². The number of para-hydroxylation sites is 3. The number of hydrogen-bond acceptors (Lipinski definition) is 3. The normalized spacial score (nSPS) is 11.7. The Balaban J connectivity index is 1.53. The second kappa shape index (κ2) is 9.43. The molecule has 38 heavy (non-hydrogen) atoms. The highest BCUT2D eigenvalue weighted by Crippen LogP contribution is 2.37.